The van der Waals surface area contributed by atoms with Crippen LogP contribution < -0.4 is 10.5 Å². The summed E-state index contributed by atoms with van der Waals surface area (Å²) in [6, 6.07) is 6.45. The zero-order valence-corrected chi connectivity index (χ0v) is 11.5. The number of rotatable bonds is 5. The third kappa shape index (κ3) is 5.03. The molecule has 100 valence electrons. The van der Waals surface area contributed by atoms with Crippen LogP contribution in [0.15, 0.2) is 24.3 Å². The first-order valence-electron chi connectivity index (χ1n) is 5.28. The van der Waals surface area contributed by atoms with Gasteiger partial charge < -0.3 is 5.32 Å². The Labute approximate surface area is 111 Å². The zero-order chi connectivity index (χ0) is 13.8. The number of alkyl halides is 1. The SMILES string of the molecule is CC(CCl)C(=O)Nc1ccc(CS(N)(=O)=O)cc1. The molecule has 5 nitrogen and oxygen atoms in total. The van der Waals surface area contributed by atoms with Gasteiger partial charge in [0.1, 0.15) is 0 Å². The van der Waals surface area contributed by atoms with Crippen molar-refractivity contribution >= 4 is 33.2 Å². The lowest BCUT2D eigenvalue weighted by molar-refractivity contribution is -0.118. The molecule has 1 amide bonds. The predicted octanol–water partition coefficient (Wildman–Crippen LogP) is 1.29. The maximum atomic E-state index is 11.5. The van der Waals surface area contributed by atoms with Gasteiger partial charge in [-0.25, -0.2) is 13.6 Å². The number of carbonyl (C=O) groups is 1. The monoisotopic (exact) mass is 290 g/mol. The molecule has 1 aromatic carbocycles. The molecular weight excluding hydrogens is 276 g/mol. The highest BCUT2D eigenvalue weighted by atomic mass is 35.5. The molecule has 0 aliphatic heterocycles. The Morgan fingerprint density at radius 3 is 2.39 bits per heavy atom. The summed E-state index contributed by atoms with van der Waals surface area (Å²) >= 11 is 5.57. The smallest absolute Gasteiger partial charge is 0.228 e. The van der Waals surface area contributed by atoms with Crippen molar-refractivity contribution in [2.75, 3.05) is 11.2 Å². The lowest BCUT2D eigenvalue weighted by atomic mass is 10.2. The summed E-state index contributed by atoms with van der Waals surface area (Å²) in [7, 11) is -3.54. The highest BCUT2D eigenvalue weighted by molar-refractivity contribution is 7.88. The predicted molar refractivity (Wildman–Crippen MR) is 71.8 cm³/mol. The molecule has 0 bridgehead atoms. The van der Waals surface area contributed by atoms with Gasteiger partial charge in [-0.15, -0.1) is 11.6 Å². The van der Waals surface area contributed by atoms with Gasteiger partial charge in [-0.2, -0.15) is 0 Å². The summed E-state index contributed by atoms with van der Waals surface area (Å²) in [4.78, 5) is 11.5. The molecule has 0 spiro atoms. The van der Waals surface area contributed by atoms with Crippen molar-refractivity contribution in [2.24, 2.45) is 11.1 Å². The van der Waals surface area contributed by atoms with Crippen LogP contribution in [-0.2, 0) is 20.6 Å². The van der Waals surface area contributed by atoms with Crippen molar-refractivity contribution in [3.8, 4) is 0 Å². The Morgan fingerprint density at radius 2 is 1.94 bits per heavy atom. The molecule has 1 unspecified atom stereocenters. The molecule has 0 aromatic heterocycles. The lowest BCUT2D eigenvalue weighted by Gasteiger charge is -2.09. The number of benzene rings is 1. The summed E-state index contributed by atoms with van der Waals surface area (Å²) in [6.07, 6.45) is 0. The van der Waals surface area contributed by atoms with Crippen LogP contribution in [0.1, 0.15) is 12.5 Å². The number of sulfonamides is 1. The number of nitrogens with one attached hydrogen (secondary N) is 1. The van der Waals surface area contributed by atoms with Crippen LogP contribution in [0.3, 0.4) is 0 Å². The highest BCUT2D eigenvalue weighted by Crippen LogP contribution is 2.12. The van der Waals surface area contributed by atoms with Gasteiger partial charge in [-0.3, -0.25) is 4.79 Å². The number of primary sulfonamides is 1. The molecule has 18 heavy (non-hydrogen) atoms. The molecule has 0 heterocycles. The molecule has 0 saturated heterocycles. The van der Waals surface area contributed by atoms with Crippen molar-refractivity contribution in [3.63, 3.8) is 0 Å². The van der Waals surface area contributed by atoms with E-state index in [1.807, 2.05) is 0 Å². The molecule has 7 heteroatoms. The normalized spacial score (nSPS) is 13.1. The van der Waals surface area contributed by atoms with Crippen LogP contribution >= 0.6 is 11.6 Å². The molecular formula is C11H15ClN2O3S. The summed E-state index contributed by atoms with van der Waals surface area (Å²) in [5, 5.41) is 7.61. The van der Waals surface area contributed by atoms with E-state index in [0.717, 1.165) is 0 Å². The standard InChI is InChI=1S/C11H15ClN2O3S/c1-8(6-12)11(15)14-10-4-2-9(3-5-10)7-18(13,16)17/h2-5,8H,6-7H2,1H3,(H,14,15)(H2,13,16,17). The van der Waals surface area contributed by atoms with Crippen molar-refractivity contribution < 1.29 is 13.2 Å². The number of halogens is 1. The molecule has 0 radical (unpaired) electrons. The van der Waals surface area contributed by atoms with E-state index in [9.17, 15) is 13.2 Å². The third-order valence-electron chi connectivity index (χ3n) is 2.27. The minimum absolute atomic E-state index is 0.177. The number of hydrogen-bond acceptors (Lipinski definition) is 3. The van der Waals surface area contributed by atoms with Crippen LogP contribution in [-0.4, -0.2) is 20.2 Å². The number of hydrogen-bond donors (Lipinski definition) is 2. The Hall–Kier alpha value is -1.11. The average molecular weight is 291 g/mol. The van der Waals surface area contributed by atoms with Crippen LogP contribution in [0.2, 0.25) is 0 Å². The maximum Gasteiger partial charge on any atom is 0.228 e. The second-order valence-corrected chi connectivity index (χ2v) is 5.97. The molecule has 3 N–H and O–H groups in total. The van der Waals surface area contributed by atoms with Crippen LogP contribution in [0.25, 0.3) is 0 Å². The minimum atomic E-state index is -3.54. The van der Waals surface area contributed by atoms with Gasteiger partial charge >= 0.3 is 0 Å². The third-order valence-corrected chi connectivity index (χ3v) is 3.47. The Bertz CT molecular complexity index is 514. The van der Waals surface area contributed by atoms with E-state index in [-0.39, 0.29) is 23.5 Å². The van der Waals surface area contributed by atoms with Gasteiger partial charge in [0.25, 0.3) is 0 Å². The fraction of sp³-hybridized carbons (Fsp3) is 0.364. The first-order chi connectivity index (χ1) is 8.31. The Morgan fingerprint density at radius 1 is 1.39 bits per heavy atom. The van der Waals surface area contributed by atoms with Gasteiger partial charge in [0, 0.05) is 17.5 Å². The van der Waals surface area contributed by atoms with E-state index in [4.69, 9.17) is 16.7 Å². The second kappa shape index (κ2) is 6.17. The highest BCUT2D eigenvalue weighted by Gasteiger charge is 2.11. The Balaban J connectivity index is 2.69. The summed E-state index contributed by atoms with van der Waals surface area (Å²) in [5.41, 5.74) is 1.16. The lowest BCUT2D eigenvalue weighted by Crippen LogP contribution is -2.21. The fourth-order valence-electron chi connectivity index (χ4n) is 1.25. The van der Waals surface area contributed by atoms with E-state index >= 15 is 0 Å². The number of amides is 1. The van der Waals surface area contributed by atoms with Crippen molar-refractivity contribution in [1.29, 1.82) is 0 Å². The molecule has 0 saturated carbocycles. The van der Waals surface area contributed by atoms with E-state index in [0.29, 0.717) is 11.3 Å². The van der Waals surface area contributed by atoms with Gasteiger partial charge in [0.05, 0.1) is 5.75 Å². The topological polar surface area (TPSA) is 89.3 Å². The number of anilines is 1. The fourth-order valence-corrected chi connectivity index (χ4v) is 2.05. The first-order valence-corrected chi connectivity index (χ1v) is 7.53. The summed E-state index contributed by atoms with van der Waals surface area (Å²) < 4.78 is 21.8. The molecule has 1 atom stereocenters. The first kappa shape index (κ1) is 14.9. The van der Waals surface area contributed by atoms with Gasteiger partial charge in [-0.05, 0) is 17.7 Å². The largest absolute Gasteiger partial charge is 0.326 e. The van der Waals surface area contributed by atoms with Crippen LogP contribution in [0, 0.1) is 5.92 Å². The molecule has 1 rings (SSSR count). The molecule has 0 aliphatic carbocycles. The summed E-state index contributed by atoms with van der Waals surface area (Å²) in [6.45, 7) is 1.72. The quantitative estimate of drug-likeness (QED) is 0.801. The number of nitrogens with two attached hydrogens (primary N) is 1. The maximum absolute atomic E-state index is 11.5. The Kier molecular flexibility index (Phi) is 5.13. The van der Waals surface area contributed by atoms with Crippen molar-refractivity contribution in [1.82, 2.24) is 0 Å². The van der Waals surface area contributed by atoms with E-state index in [1.165, 1.54) is 0 Å². The number of carbonyl (C=O) groups excluding carboxylic acids is 1. The minimum Gasteiger partial charge on any atom is -0.326 e. The van der Waals surface area contributed by atoms with Gasteiger partial charge in [0.15, 0.2) is 0 Å². The zero-order valence-electron chi connectivity index (χ0n) is 9.89. The van der Waals surface area contributed by atoms with Crippen molar-refractivity contribution in [2.45, 2.75) is 12.7 Å². The van der Waals surface area contributed by atoms with E-state index in [1.54, 1.807) is 31.2 Å². The summed E-state index contributed by atoms with van der Waals surface area (Å²) in [5.74, 6) is -0.436. The van der Waals surface area contributed by atoms with E-state index < -0.39 is 10.0 Å². The van der Waals surface area contributed by atoms with Crippen molar-refractivity contribution in [3.05, 3.63) is 29.8 Å². The molecule has 0 fully saturated rings. The van der Waals surface area contributed by atoms with Crippen LogP contribution in [0.5, 0.6) is 0 Å². The van der Waals surface area contributed by atoms with Gasteiger partial charge in [0.2, 0.25) is 15.9 Å². The second-order valence-electron chi connectivity index (χ2n) is 4.05. The van der Waals surface area contributed by atoms with Gasteiger partial charge in [-0.1, -0.05) is 19.1 Å². The molecule has 1 aromatic rings. The average Bonchev–Trinajstić information content (AvgIpc) is 2.28. The van der Waals surface area contributed by atoms with Crippen LogP contribution in [0.4, 0.5) is 5.69 Å². The van der Waals surface area contributed by atoms with E-state index in [2.05, 4.69) is 5.32 Å². The molecule has 0 aliphatic rings.